The average molecular weight is 329 g/mol. The summed E-state index contributed by atoms with van der Waals surface area (Å²) in [6.07, 6.45) is 1.06. The molecule has 5 heteroatoms. The molecule has 2 N–H and O–H groups in total. The lowest BCUT2D eigenvalue weighted by Crippen LogP contribution is -2.40. The third-order valence-corrected chi connectivity index (χ3v) is 4.36. The highest BCUT2D eigenvalue weighted by molar-refractivity contribution is 5.81. The Balaban J connectivity index is 1.58. The first-order valence-corrected chi connectivity index (χ1v) is 8.08. The second-order valence-electron chi connectivity index (χ2n) is 6.12. The van der Waals surface area contributed by atoms with Gasteiger partial charge in [-0.3, -0.25) is 4.99 Å². The van der Waals surface area contributed by atoms with Crippen LogP contribution in [0.25, 0.3) is 0 Å². The van der Waals surface area contributed by atoms with Crippen molar-refractivity contribution >= 4 is 5.96 Å². The lowest BCUT2D eigenvalue weighted by molar-refractivity contribution is 0.504. The molecule has 126 valence electrons. The number of rotatable bonds is 4. The molecule has 0 saturated heterocycles. The molecule has 0 heterocycles. The fraction of sp³-hybridized carbons (Fsp3) is 0.316. The number of hydrogen-bond acceptors (Lipinski definition) is 1. The first kappa shape index (κ1) is 16.4. The fourth-order valence-electron chi connectivity index (χ4n) is 2.84. The van der Waals surface area contributed by atoms with Crippen LogP contribution in [-0.4, -0.2) is 19.0 Å². The van der Waals surface area contributed by atoms with Crippen LogP contribution < -0.4 is 10.6 Å². The maximum Gasteiger partial charge on any atom is 0.191 e. The quantitative estimate of drug-likeness (QED) is 0.662. The molecule has 1 aliphatic carbocycles. The Hall–Kier alpha value is -2.43. The Morgan fingerprint density at radius 3 is 2.54 bits per heavy atom. The number of aliphatic imine (C=N–C) groups is 1. The van der Waals surface area contributed by atoms with Crippen LogP contribution in [0, 0.1) is 11.6 Å². The van der Waals surface area contributed by atoms with Crippen molar-refractivity contribution in [2.24, 2.45) is 4.99 Å². The van der Waals surface area contributed by atoms with Gasteiger partial charge in [-0.2, -0.15) is 0 Å². The molecule has 0 amide bonds. The Bertz CT molecular complexity index is 731. The predicted octanol–water partition coefficient (Wildman–Crippen LogP) is 3.75. The highest BCUT2D eigenvalue weighted by atomic mass is 19.2. The topological polar surface area (TPSA) is 36.4 Å². The van der Waals surface area contributed by atoms with Crippen LogP contribution >= 0.6 is 0 Å². The van der Waals surface area contributed by atoms with E-state index in [4.69, 9.17) is 0 Å². The van der Waals surface area contributed by atoms with E-state index in [-0.39, 0.29) is 6.04 Å². The number of halogens is 2. The summed E-state index contributed by atoms with van der Waals surface area (Å²) < 4.78 is 26.4. The van der Waals surface area contributed by atoms with E-state index in [1.807, 2.05) is 25.1 Å². The molecule has 0 radical (unpaired) electrons. The van der Waals surface area contributed by atoms with E-state index in [9.17, 15) is 8.78 Å². The minimum atomic E-state index is -0.838. The molecule has 0 bridgehead atoms. The number of nitrogens with zero attached hydrogens (tertiary/aromatic N) is 1. The molecule has 3 rings (SSSR count). The van der Waals surface area contributed by atoms with Crippen LogP contribution in [0.3, 0.4) is 0 Å². The number of benzene rings is 2. The number of hydrogen-bond donors (Lipinski definition) is 2. The second kappa shape index (κ2) is 6.99. The van der Waals surface area contributed by atoms with Crippen molar-refractivity contribution in [1.29, 1.82) is 0 Å². The minimum Gasteiger partial charge on any atom is -0.353 e. The molecule has 1 aliphatic rings. The second-order valence-corrected chi connectivity index (χ2v) is 6.12. The summed E-state index contributed by atoms with van der Waals surface area (Å²) in [5, 5.41) is 6.61. The van der Waals surface area contributed by atoms with Gasteiger partial charge in [-0.1, -0.05) is 36.4 Å². The Morgan fingerprint density at radius 1 is 1.12 bits per heavy atom. The minimum absolute atomic E-state index is 0.180. The summed E-state index contributed by atoms with van der Waals surface area (Å²) >= 11 is 0. The maximum absolute atomic E-state index is 13.4. The van der Waals surface area contributed by atoms with Gasteiger partial charge < -0.3 is 10.6 Å². The van der Waals surface area contributed by atoms with Crippen molar-refractivity contribution in [3.63, 3.8) is 0 Å². The zero-order chi connectivity index (χ0) is 17.1. The molecule has 0 aliphatic heterocycles. The van der Waals surface area contributed by atoms with Crippen molar-refractivity contribution in [2.45, 2.75) is 31.3 Å². The van der Waals surface area contributed by atoms with Gasteiger partial charge in [-0.05, 0) is 36.6 Å². The maximum atomic E-state index is 13.4. The zero-order valence-electron chi connectivity index (χ0n) is 13.8. The van der Waals surface area contributed by atoms with Crippen molar-refractivity contribution in [1.82, 2.24) is 10.6 Å². The Kier molecular flexibility index (Phi) is 4.79. The highest BCUT2D eigenvalue weighted by Crippen LogP contribution is 2.40. The van der Waals surface area contributed by atoms with Crippen LogP contribution in [-0.2, 0) is 0 Å². The van der Waals surface area contributed by atoms with Gasteiger partial charge in [0, 0.05) is 19.0 Å². The summed E-state index contributed by atoms with van der Waals surface area (Å²) in [7, 11) is 1.70. The van der Waals surface area contributed by atoms with Gasteiger partial charge in [0.1, 0.15) is 0 Å². The van der Waals surface area contributed by atoms with Crippen LogP contribution in [0.5, 0.6) is 0 Å². The van der Waals surface area contributed by atoms with E-state index in [1.54, 1.807) is 13.1 Å². The summed E-state index contributed by atoms with van der Waals surface area (Å²) in [6.45, 7) is 1.89. The van der Waals surface area contributed by atoms with Crippen molar-refractivity contribution in [3.8, 4) is 0 Å². The van der Waals surface area contributed by atoms with Gasteiger partial charge in [0.25, 0.3) is 0 Å². The van der Waals surface area contributed by atoms with Gasteiger partial charge in [0.2, 0.25) is 0 Å². The van der Waals surface area contributed by atoms with Crippen LogP contribution in [0.15, 0.2) is 53.5 Å². The summed E-state index contributed by atoms with van der Waals surface area (Å²) in [6, 6.07) is 14.5. The Labute approximate surface area is 140 Å². The van der Waals surface area contributed by atoms with Crippen LogP contribution in [0.4, 0.5) is 8.78 Å². The normalized spacial score (nSPS) is 21.2. The summed E-state index contributed by atoms with van der Waals surface area (Å²) in [4.78, 5) is 4.23. The van der Waals surface area contributed by atoms with E-state index < -0.39 is 11.6 Å². The third kappa shape index (κ3) is 3.72. The first-order chi connectivity index (χ1) is 11.6. The SMILES string of the molecule is CN=C(NC(C)c1ccc(F)c(F)c1)NC1CC1c1ccccc1. The van der Waals surface area contributed by atoms with Gasteiger partial charge in [0.15, 0.2) is 17.6 Å². The predicted molar refractivity (Wildman–Crippen MR) is 92.0 cm³/mol. The molecule has 24 heavy (non-hydrogen) atoms. The molecule has 3 nitrogen and oxygen atoms in total. The van der Waals surface area contributed by atoms with Gasteiger partial charge in [0.05, 0.1) is 6.04 Å². The van der Waals surface area contributed by atoms with E-state index in [2.05, 4.69) is 27.8 Å². The van der Waals surface area contributed by atoms with Gasteiger partial charge in [-0.25, -0.2) is 8.78 Å². The lowest BCUT2D eigenvalue weighted by atomic mass is 10.1. The third-order valence-electron chi connectivity index (χ3n) is 4.36. The Morgan fingerprint density at radius 2 is 1.88 bits per heavy atom. The van der Waals surface area contributed by atoms with Gasteiger partial charge in [-0.15, -0.1) is 0 Å². The van der Waals surface area contributed by atoms with E-state index in [0.717, 1.165) is 12.5 Å². The molecule has 3 unspecified atom stereocenters. The zero-order valence-corrected chi connectivity index (χ0v) is 13.8. The van der Waals surface area contributed by atoms with Crippen molar-refractivity contribution in [2.75, 3.05) is 7.05 Å². The molecule has 3 atom stereocenters. The molecule has 1 fully saturated rings. The molecule has 0 aromatic heterocycles. The summed E-state index contributed by atoms with van der Waals surface area (Å²) in [5.74, 6) is -0.522. The van der Waals surface area contributed by atoms with E-state index in [1.165, 1.54) is 11.6 Å². The molecular formula is C19H21F2N3. The number of nitrogens with one attached hydrogen (secondary N) is 2. The largest absolute Gasteiger partial charge is 0.353 e. The molecule has 0 spiro atoms. The summed E-state index contributed by atoms with van der Waals surface area (Å²) in [5.41, 5.74) is 1.99. The molecule has 2 aromatic rings. The van der Waals surface area contributed by atoms with Gasteiger partial charge >= 0.3 is 0 Å². The monoisotopic (exact) mass is 329 g/mol. The standard InChI is InChI=1S/C19H21F2N3/c1-12(14-8-9-16(20)17(21)10-14)23-19(22-2)24-18-11-15(18)13-6-4-3-5-7-13/h3-10,12,15,18H,11H2,1-2H3,(H2,22,23,24). The van der Waals surface area contributed by atoms with E-state index >= 15 is 0 Å². The molecular weight excluding hydrogens is 308 g/mol. The van der Waals surface area contributed by atoms with E-state index in [0.29, 0.717) is 23.5 Å². The average Bonchev–Trinajstić information content (AvgIpc) is 3.36. The fourth-order valence-corrected chi connectivity index (χ4v) is 2.84. The molecule has 1 saturated carbocycles. The van der Waals surface area contributed by atoms with Crippen molar-refractivity contribution < 1.29 is 8.78 Å². The highest BCUT2D eigenvalue weighted by Gasteiger charge is 2.38. The van der Waals surface area contributed by atoms with Crippen molar-refractivity contribution in [3.05, 3.63) is 71.3 Å². The van der Waals surface area contributed by atoms with Crippen LogP contribution in [0.2, 0.25) is 0 Å². The molecule has 2 aromatic carbocycles. The smallest absolute Gasteiger partial charge is 0.191 e. The van der Waals surface area contributed by atoms with Crippen LogP contribution in [0.1, 0.15) is 36.4 Å². The first-order valence-electron chi connectivity index (χ1n) is 8.08. The lowest BCUT2D eigenvalue weighted by Gasteiger charge is -2.18. The number of guanidine groups is 1.